The Morgan fingerprint density at radius 3 is 2.36 bits per heavy atom. The van der Waals surface area contributed by atoms with Crippen LogP contribution in [0.1, 0.15) is 17.2 Å². The quantitative estimate of drug-likeness (QED) is 0.670. The smallest absolute Gasteiger partial charge is 0.249 e. The average molecular weight is 337 g/mol. The number of nitrogens with zero attached hydrogens (tertiary/aromatic N) is 4. The summed E-state index contributed by atoms with van der Waals surface area (Å²) in [6, 6.07) is 17.9. The molecule has 0 saturated heterocycles. The molecule has 0 radical (unpaired) electrons. The maximum Gasteiger partial charge on any atom is 0.249 e. The Morgan fingerprint density at radius 1 is 1.08 bits per heavy atom. The number of amides is 1. The highest BCUT2D eigenvalue weighted by Crippen LogP contribution is 2.17. The zero-order valence-electron chi connectivity index (χ0n) is 13.6. The molecule has 3 rings (SSSR count). The molecule has 0 saturated carbocycles. The van der Waals surface area contributed by atoms with Gasteiger partial charge < -0.3 is 10.4 Å². The van der Waals surface area contributed by atoms with Gasteiger partial charge in [-0.2, -0.15) is 0 Å². The Bertz CT molecular complexity index is 778. The Balaban J connectivity index is 1.78. The molecule has 0 unspecified atom stereocenters. The molecule has 1 amide bonds. The van der Waals surface area contributed by atoms with Gasteiger partial charge in [-0.3, -0.25) is 4.79 Å². The van der Waals surface area contributed by atoms with E-state index in [2.05, 4.69) is 20.8 Å². The van der Waals surface area contributed by atoms with Crippen LogP contribution in [0.2, 0.25) is 0 Å². The Labute approximate surface area is 145 Å². The zero-order valence-corrected chi connectivity index (χ0v) is 13.6. The average Bonchev–Trinajstić information content (AvgIpc) is 3.17. The monoisotopic (exact) mass is 337 g/mol. The van der Waals surface area contributed by atoms with Crippen LogP contribution in [-0.4, -0.2) is 43.9 Å². The molecular formula is C18H19N5O2. The molecule has 1 heterocycles. The van der Waals surface area contributed by atoms with Crippen LogP contribution in [0.4, 0.5) is 0 Å². The third kappa shape index (κ3) is 4.27. The van der Waals surface area contributed by atoms with Crippen molar-refractivity contribution in [3.8, 4) is 0 Å². The standard InChI is InChI=1S/C18H19N5O2/c24-12-16(11-14-7-3-1-4-8-14)20-18(25)17(23-13-19-21-22-23)15-9-5-2-6-10-15/h1-10,13,16-17,24H,11-12H2,(H,20,25)/t16-,17+/m0/s1. The normalized spacial score (nSPS) is 13.2. The second-order valence-corrected chi connectivity index (χ2v) is 5.68. The number of hydrogen-bond acceptors (Lipinski definition) is 5. The van der Waals surface area contributed by atoms with Gasteiger partial charge in [-0.1, -0.05) is 60.7 Å². The summed E-state index contributed by atoms with van der Waals surface area (Å²) in [4.78, 5) is 12.9. The van der Waals surface area contributed by atoms with Crippen molar-refractivity contribution >= 4 is 5.91 Å². The van der Waals surface area contributed by atoms with Crippen LogP contribution in [0.25, 0.3) is 0 Å². The minimum absolute atomic E-state index is 0.155. The van der Waals surface area contributed by atoms with E-state index in [-0.39, 0.29) is 12.5 Å². The highest BCUT2D eigenvalue weighted by molar-refractivity contribution is 5.83. The number of aliphatic hydroxyl groups is 1. The van der Waals surface area contributed by atoms with Crippen molar-refractivity contribution in [2.24, 2.45) is 0 Å². The van der Waals surface area contributed by atoms with Crippen LogP contribution < -0.4 is 5.32 Å². The molecule has 0 aliphatic heterocycles. The van der Waals surface area contributed by atoms with Crippen LogP contribution >= 0.6 is 0 Å². The van der Waals surface area contributed by atoms with Crippen molar-refractivity contribution in [1.29, 1.82) is 0 Å². The number of aromatic nitrogens is 4. The molecule has 0 aliphatic carbocycles. The van der Waals surface area contributed by atoms with E-state index in [1.807, 2.05) is 60.7 Å². The summed E-state index contributed by atoms with van der Waals surface area (Å²) in [5.41, 5.74) is 1.81. The number of carbonyl (C=O) groups is 1. The van der Waals surface area contributed by atoms with E-state index in [9.17, 15) is 9.90 Å². The largest absolute Gasteiger partial charge is 0.394 e. The predicted octanol–water partition coefficient (Wildman–Crippen LogP) is 0.982. The molecule has 3 aromatic rings. The van der Waals surface area contributed by atoms with Gasteiger partial charge in [0.2, 0.25) is 5.91 Å². The first-order chi connectivity index (χ1) is 12.3. The lowest BCUT2D eigenvalue weighted by Crippen LogP contribution is -2.43. The van der Waals surface area contributed by atoms with Crippen molar-refractivity contribution in [3.05, 3.63) is 78.1 Å². The molecule has 0 spiro atoms. The van der Waals surface area contributed by atoms with Gasteiger partial charge in [-0.15, -0.1) is 5.10 Å². The highest BCUT2D eigenvalue weighted by atomic mass is 16.3. The second-order valence-electron chi connectivity index (χ2n) is 5.68. The van der Waals surface area contributed by atoms with E-state index in [1.54, 1.807) is 0 Å². The molecule has 1 aromatic heterocycles. The van der Waals surface area contributed by atoms with Gasteiger partial charge in [-0.05, 0) is 28.0 Å². The molecular weight excluding hydrogens is 318 g/mol. The van der Waals surface area contributed by atoms with Crippen LogP contribution in [0.5, 0.6) is 0 Å². The summed E-state index contributed by atoms with van der Waals surface area (Å²) in [5.74, 6) is -0.270. The maximum atomic E-state index is 12.9. The number of carbonyl (C=O) groups excluding carboxylic acids is 1. The lowest BCUT2D eigenvalue weighted by atomic mass is 10.0. The number of hydrogen-bond donors (Lipinski definition) is 2. The van der Waals surface area contributed by atoms with E-state index in [0.717, 1.165) is 11.1 Å². The third-order valence-corrected chi connectivity index (χ3v) is 3.88. The fourth-order valence-corrected chi connectivity index (χ4v) is 2.69. The molecule has 25 heavy (non-hydrogen) atoms. The molecule has 7 nitrogen and oxygen atoms in total. The van der Waals surface area contributed by atoms with E-state index in [0.29, 0.717) is 6.42 Å². The van der Waals surface area contributed by atoms with Gasteiger partial charge in [0.25, 0.3) is 0 Å². The van der Waals surface area contributed by atoms with Crippen molar-refractivity contribution in [3.63, 3.8) is 0 Å². The van der Waals surface area contributed by atoms with E-state index < -0.39 is 12.1 Å². The van der Waals surface area contributed by atoms with Crippen molar-refractivity contribution in [2.45, 2.75) is 18.5 Å². The fourth-order valence-electron chi connectivity index (χ4n) is 2.69. The summed E-state index contributed by atoms with van der Waals surface area (Å²) in [5, 5.41) is 23.7. The minimum atomic E-state index is -0.693. The van der Waals surface area contributed by atoms with Crippen molar-refractivity contribution in [1.82, 2.24) is 25.5 Å². The first kappa shape index (κ1) is 16.8. The van der Waals surface area contributed by atoms with Crippen molar-refractivity contribution in [2.75, 3.05) is 6.61 Å². The highest BCUT2D eigenvalue weighted by Gasteiger charge is 2.25. The predicted molar refractivity (Wildman–Crippen MR) is 91.6 cm³/mol. The van der Waals surface area contributed by atoms with Gasteiger partial charge in [0.1, 0.15) is 6.33 Å². The van der Waals surface area contributed by atoms with Crippen molar-refractivity contribution < 1.29 is 9.90 Å². The molecule has 2 aromatic carbocycles. The molecule has 7 heteroatoms. The first-order valence-electron chi connectivity index (χ1n) is 8.00. The maximum absolute atomic E-state index is 12.9. The van der Waals surface area contributed by atoms with E-state index in [1.165, 1.54) is 11.0 Å². The molecule has 0 bridgehead atoms. The lowest BCUT2D eigenvalue weighted by molar-refractivity contribution is -0.124. The molecule has 128 valence electrons. The SMILES string of the molecule is O=C(N[C@H](CO)Cc1ccccc1)[C@@H](c1ccccc1)n1cnnn1. The summed E-state index contributed by atoms with van der Waals surface area (Å²) >= 11 is 0. The number of rotatable bonds is 7. The van der Waals surface area contributed by atoms with E-state index >= 15 is 0 Å². The first-order valence-corrected chi connectivity index (χ1v) is 8.00. The van der Waals surface area contributed by atoms with Crippen LogP contribution in [0, 0.1) is 0 Å². The van der Waals surface area contributed by atoms with Gasteiger partial charge in [0.05, 0.1) is 12.6 Å². The molecule has 0 fully saturated rings. The Kier molecular flexibility index (Phi) is 5.48. The molecule has 0 aliphatic rings. The van der Waals surface area contributed by atoms with Gasteiger partial charge in [-0.25, -0.2) is 4.68 Å². The van der Waals surface area contributed by atoms with Crippen LogP contribution in [0.15, 0.2) is 67.0 Å². The number of nitrogens with one attached hydrogen (secondary N) is 1. The Hall–Kier alpha value is -3.06. The summed E-state index contributed by atoms with van der Waals surface area (Å²) in [7, 11) is 0. The van der Waals surface area contributed by atoms with Crippen LogP contribution in [-0.2, 0) is 11.2 Å². The summed E-state index contributed by atoms with van der Waals surface area (Å²) in [6.45, 7) is -0.155. The Morgan fingerprint density at radius 2 is 1.76 bits per heavy atom. The van der Waals surface area contributed by atoms with Gasteiger partial charge in [0, 0.05) is 0 Å². The minimum Gasteiger partial charge on any atom is -0.394 e. The van der Waals surface area contributed by atoms with Gasteiger partial charge in [0.15, 0.2) is 6.04 Å². The zero-order chi connectivity index (χ0) is 17.5. The van der Waals surface area contributed by atoms with E-state index in [4.69, 9.17) is 0 Å². The topological polar surface area (TPSA) is 92.9 Å². The molecule has 2 atom stereocenters. The third-order valence-electron chi connectivity index (χ3n) is 3.88. The summed E-state index contributed by atoms with van der Waals surface area (Å²) in [6.07, 6.45) is 1.95. The number of benzene rings is 2. The number of aliphatic hydroxyl groups excluding tert-OH is 1. The summed E-state index contributed by atoms with van der Waals surface area (Å²) < 4.78 is 1.40. The number of tetrazole rings is 1. The van der Waals surface area contributed by atoms with Gasteiger partial charge >= 0.3 is 0 Å². The second kappa shape index (κ2) is 8.16. The fraction of sp³-hybridized carbons (Fsp3) is 0.222. The molecule has 2 N–H and O–H groups in total. The van der Waals surface area contributed by atoms with Crippen LogP contribution in [0.3, 0.4) is 0 Å². The lowest BCUT2D eigenvalue weighted by Gasteiger charge is -2.21.